The SMILES string of the molecule is CC[C@H](CO)[NH2+]Cc1cc(I)c(OCc2ccccc2)c(OC)c1. The van der Waals surface area contributed by atoms with E-state index in [0.29, 0.717) is 6.61 Å². The number of methoxy groups -OCH3 is 1. The van der Waals surface area contributed by atoms with Gasteiger partial charge >= 0.3 is 0 Å². The molecule has 24 heavy (non-hydrogen) atoms. The molecule has 0 saturated carbocycles. The molecule has 0 aromatic heterocycles. The molecular weight excluding hydrogens is 417 g/mol. The highest BCUT2D eigenvalue weighted by Gasteiger charge is 2.14. The van der Waals surface area contributed by atoms with Gasteiger partial charge in [-0.05, 0) is 46.7 Å². The van der Waals surface area contributed by atoms with Gasteiger partial charge < -0.3 is 19.9 Å². The molecule has 2 aromatic carbocycles. The first kappa shape index (κ1) is 19.0. The number of nitrogens with two attached hydrogens (primary N) is 1. The summed E-state index contributed by atoms with van der Waals surface area (Å²) in [6.45, 7) is 3.61. The van der Waals surface area contributed by atoms with Crippen molar-refractivity contribution in [3.8, 4) is 11.5 Å². The molecule has 0 amide bonds. The number of rotatable bonds is 9. The van der Waals surface area contributed by atoms with Gasteiger partial charge in [0.25, 0.3) is 0 Å². The largest absolute Gasteiger partial charge is 0.493 e. The number of quaternary nitrogens is 1. The first-order valence-corrected chi connectivity index (χ1v) is 9.23. The summed E-state index contributed by atoms with van der Waals surface area (Å²) in [4.78, 5) is 0. The summed E-state index contributed by atoms with van der Waals surface area (Å²) in [6.07, 6.45) is 0.947. The molecule has 0 aliphatic heterocycles. The van der Waals surface area contributed by atoms with Crippen LogP contribution in [0, 0.1) is 3.57 Å². The lowest BCUT2D eigenvalue weighted by molar-refractivity contribution is -0.706. The molecule has 130 valence electrons. The van der Waals surface area contributed by atoms with Gasteiger partial charge in [-0.1, -0.05) is 37.3 Å². The van der Waals surface area contributed by atoms with Crippen molar-refractivity contribution in [2.75, 3.05) is 13.7 Å². The van der Waals surface area contributed by atoms with Gasteiger partial charge in [0.15, 0.2) is 11.5 Å². The van der Waals surface area contributed by atoms with E-state index in [2.05, 4.69) is 40.9 Å². The highest BCUT2D eigenvalue weighted by molar-refractivity contribution is 14.1. The van der Waals surface area contributed by atoms with E-state index in [-0.39, 0.29) is 12.6 Å². The van der Waals surface area contributed by atoms with Gasteiger partial charge in [-0.25, -0.2) is 0 Å². The Bertz CT molecular complexity index is 630. The predicted molar refractivity (Wildman–Crippen MR) is 103 cm³/mol. The second kappa shape index (κ2) is 9.86. The third-order valence-corrected chi connectivity index (χ3v) is 4.76. The van der Waals surface area contributed by atoms with E-state index >= 15 is 0 Å². The maximum absolute atomic E-state index is 9.30. The first-order chi connectivity index (χ1) is 11.7. The molecule has 0 unspecified atom stereocenters. The van der Waals surface area contributed by atoms with Gasteiger partial charge in [-0.15, -0.1) is 0 Å². The van der Waals surface area contributed by atoms with Gasteiger partial charge in [0.2, 0.25) is 0 Å². The lowest BCUT2D eigenvalue weighted by atomic mass is 10.1. The van der Waals surface area contributed by atoms with E-state index < -0.39 is 0 Å². The molecule has 0 heterocycles. The van der Waals surface area contributed by atoms with Crippen molar-refractivity contribution < 1.29 is 19.9 Å². The van der Waals surface area contributed by atoms with Crippen molar-refractivity contribution in [2.24, 2.45) is 0 Å². The zero-order valence-electron chi connectivity index (χ0n) is 14.2. The fourth-order valence-electron chi connectivity index (χ4n) is 2.43. The van der Waals surface area contributed by atoms with Crippen molar-refractivity contribution in [3.63, 3.8) is 0 Å². The van der Waals surface area contributed by atoms with Crippen LogP contribution in [0.1, 0.15) is 24.5 Å². The average Bonchev–Trinajstić information content (AvgIpc) is 2.62. The van der Waals surface area contributed by atoms with E-state index in [0.717, 1.165) is 39.2 Å². The van der Waals surface area contributed by atoms with Gasteiger partial charge in [-0.3, -0.25) is 0 Å². The molecule has 0 aliphatic carbocycles. The Morgan fingerprint density at radius 1 is 1.17 bits per heavy atom. The lowest BCUT2D eigenvalue weighted by Gasteiger charge is -2.15. The van der Waals surface area contributed by atoms with Crippen LogP contribution in [0.25, 0.3) is 0 Å². The Labute approximate surface area is 157 Å². The summed E-state index contributed by atoms with van der Waals surface area (Å²) in [5, 5.41) is 11.5. The topological polar surface area (TPSA) is 55.3 Å². The van der Waals surface area contributed by atoms with Crippen molar-refractivity contribution in [1.29, 1.82) is 0 Å². The Kier molecular flexibility index (Phi) is 7.81. The molecule has 3 N–H and O–H groups in total. The third-order valence-electron chi connectivity index (χ3n) is 3.96. The van der Waals surface area contributed by atoms with Crippen LogP contribution in [0.2, 0.25) is 0 Å². The smallest absolute Gasteiger partial charge is 0.174 e. The van der Waals surface area contributed by atoms with Crippen LogP contribution in [0.5, 0.6) is 11.5 Å². The number of halogens is 1. The van der Waals surface area contributed by atoms with E-state index in [1.165, 1.54) is 0 Å². The number of benzene rings is 2. The molecule has 0 bridgehead atoms. The molecule has 5 heteroatoms. The van der Waals surface area contributed by atoms with Gasteiger partial charge in [0.1, 0.15) is 19.2 Å². The Morgan fingerprint density at radius 3 is 2.54 bits per heavy atom. The van der Waals surface area contributed by atoms with Crippen molar-refractivity contribution in [3.05, 3.63) is 57.2 Å². The first-order valence-electron chi connectivity index (χ1n) is 8.15. The molecule has 0 spiro atoms. The maximum atomic E-state index is 9.30. The van der Waals surface area contributed by atoms with Crippen LogP contribution in [-0.4, -0.2) is 24.9 Å². The van der Waals surface area contributed by atoms with Gasteiger partial charge in [0, 0.05) is 5.56 Å². The predicted octanol–water partition coefficient (Wildman–Crippen LogP) is 2.71. The Morgan fingerprint density at radius 2 is 1.92 bits per heavy atom. The maximum Gasteiger partial charge on any atom is 0.174 e. The summed E-state index contributed by atoms with van der Waals surface area (Å²) in [7, 11) is 1.66. The summed E-state index contributed by atoms with van der Waals surface area (Å²) in [6, 6.07) is 14.5. The van der Waals surface area contributed by atoms with Gasteiger partial charge in [0.05, 0.1) is 17.3 Å². The number of hydrogen-bond acceptors (Lipinski definition) is 3. The zero-order chi connectivity index (χ0) is 17.4. The molecule has 0 radical (unpaired) electrons. The minimum Gasteiger partial charge on any atom is -0.493 e. The van der Waals surface area contributed by atoms with E-state index in [1.807, 2.05) is 36.4 Å². The highest BCUT2D eigenvalue weighted by Crippen LogP contribution is 2.34. The van der Waals surface area contributed by atoms with E-state index in [1.54, 1.807) is 7.11 Å². The number of aliphatic hydroxyl groups is 1. The quantitative estimate of drug-likeness (QED) is 0.588. The Balaban J connectivity index is 2.09. The normalized spacial score (nSPS) is 12.0. The molecule has 0 fully saturated rings. The number of ether oxygens (including phenoxy) is 2. The molecular formula is C19H25INO3+. The van der Waals surface area contributed by atoms with Crippen LogP contribution < -0.4 is 14.8 Å². The summed E-state index contributed by atoms with van der Waals surface area (Å²) in [5.74, 6) is 1.53. The summed E-state index contributed by atoms with van der Waals surface area (Å²) >= 11 is 2.29. The van der Waals surface area contributed by atoms with Gasteiger partial charge in [-0.2, -0.15) is 0 Å². The van der Waals surface area contributed by atoms with Crippen molar-refractivity contribution in [2.45, 2.75) is 32.5 Å². The molecule has 1 atom stereocenters. The fourth-order valence-corrected chi connectivity index (χ4v) is 3.26. The second-order valence-electron chi connectivity index (χ2n) is 5.67. The molecule has 2 rings (SSSR count). The lowest BCUT2D eigenvalue weighted by Crippen LogP contribution is -2.89. The van der Waals surface area contributed by atoms with E-state index in [9.17, 15) is 5.11 Å². The second-order valence-corrected chi connectivity index (χ2v) is 6.84. The average molecular weight is 442 g/mol. The van der Waals surface area contributed by atoms with Crippen molar-refractivity contribution >= 4 is 22.6 Å². The van der Waals surface area contributed by atoms with Crippen LogP contribution >= 0.6 is 22.6 Å². The van der Waals surface area contributed by atoms with Crippen LogP contribution in [0.15, 0.2) is 42.5 Å². The molecule has 0 aliphatic rings. The molecule has 4 nitrogen and oxygen atoms in total. The van der Waals surface area contributed by atoms with Crippen molar-refractivity contribution in [1.82, 2.24) is 0 Å². The summed E-state index contributed by atoms with van der Waals surface area (Å²) < 4.78 is 12.5. The molecule has 0 saturated heterocycles. The summed E-state index contributed by atoms with van der Waals surface area (Å²) in [5.41, 5.74) is 2.29. The monoisotopic (exact) mass is 442 g/mol. The third kappa shape index (κ3) is 5.36. The molecule has 2 aromatic rings. The number of hydrogen-bond donors (Lipinski definition) is 2. The Hall–Kier alpha value is -1.31. The van der Waals surface area contributed by atoms with Crippen LogP contribution in [0.4, 0.5) is 0 Å². The fraction of sp³-hybridized carbons (Fsp3) is 0.368. The minimum absolute atomic E-state index is 0.197. The highest BCUT2D eigenvalue weighted by atomic mass is 127. The van der Waals surface area contributed by atoms with Crippen LogP contribution in [0.3, 0.4) is 0 Å². The standard InChI is InChI=1S/C19H24INO3/c1-3-16(12-22)21-11-15-9-17(20)19(18(10-15)23-2)24-13-14-7-5-4-6-8-14/h4-10,16,21-22H,3,11-13H2,1-2H3/p+1/t16-/m1/s1. The number of aliphatic hydroxyl groups excluding tert-OH is 1. The van der Waals surface area contributed by atoms with Crippen LogP contribution in [-0.2, 0) is 13.2 Å². The zero-order valence-corrected chi connectivity index (χ0v) is 16.3. The van der Waals surface area contributed by atoms with E-state index in [4.69, 9.17) is 9.47 Å². The minimum atomic E-state index is 0.197.